The molecule has 0 saturated carbocycles. The minimum Gasteiger partial charge on any atom is -0.359 e. The molecule has 3 N–H and O–H groups in total. The van der Waals surface area contributed by atoms with Gasteiger partial charge in [0.05, 0.1) is 0 Å². The molecule has 0 aliphatic carbocycles. The standard InChI is InChI=1S/C8H16N4S/c1-3-6(9)5-10-8-11-7(4-2)12-13-8/h6H,3-5,9H2,1-2H3,(H,10,11,12). The molecule has 5 heteroatoms. The predicted molar refractivity (Wildman–Crippen MR) is 56.0 cm³/mol. The summed E-state index contributed by atoms with van der Waals surface area (Å²) in [6, 6.07) is 0.203. The lowest BCUT2D eigenvalue weighted by Gasteiger charge is -2.07. The Morgan fingerprint density at radius 1 is 1.54 bits per heavy atom. The van der Waals surface area contributed by atoms with Crippen molar-refractivity contribution in [2.45, 2.75) is 32.7 Å². The Morgan fingerprint density at radius 3 is 2.85 bits per heavy atom. The molecule has 1 atom stereocenters. The number of nitrogens with zero attached hydrogens (tertiary/aromatic N) is 2. The van der Waals surface area contributed by atoms with Gasteiger partial charge in [0.15, 0.2) is 0 Å². The van der Waals surface area contributed by atoms with E-state index in [1.807, 2.05) is 6.92 Å². The van der Waals surface area contributed by atoms with Crippen LogP contribution < -0.4 is 11.1 Å². The van der Waals surface area contributed by atoms with Crippen molar-refractivity contribution >= 4 is 16.7 Å². The van der Waals surface area contributed by atoms with Gasteiger partial charge in [-0.2, -0.15) is 4.37 Å². The molecule has 1 unspecified atom stereocenters. The highest BCUT2D eigenvalue weighted by molar-refractivity contribution is 7.09. The molecule has 0 saturated heterocycles. The number of rotatable bonds is 5. The summed E-state index contributed by atoms with van der Waals surface area (Å²) in [7, 11) is 0. The second-order valence-corrected chi connectivity index (χ2v) is 3.67. The Labute approximate surface area is 82.7 Å². The van der Waals surface area contributed by atoms with Crippen molar-refractivity contribution in [3.8, 4) is 0 Å². The zero-order valence-corrected chi connectivity index (χ0v) is 8.90. The predicted octanol–water partition coefficient (Wildman–Crippen LogP) is 1.25. The first-order chi connectivity index (χ1) is 6.26. The molecule has 0 aliphatic heterocycles. The van der Waals surface area contributed by atoms with Gasteiger partial charge in [0.2, 0.25) is 5.13 Å². The Balaban J connectivity index is 2.36. The van der Waals surface area contributed by atoms with Crippen LogP contribution in [-0.4, -0.2) is 21.9 Å². The maximum Gasteiger partial charge on any atom is 0.202 e. The average Bonchev–Trinajstić information content (AvgIpc) is 2.61. The molecule has 1 aromatic rings. The molecule has 0 amide bonds. The van der Waals surface area contributed by atoms with Gasteiger partial charge in [-0.1, -0.05) is 13.8 Å². The summed E-state index contributed by atoms with van der Waals surface area (Å²) in [6.07, 6.45) is 1.87. The largest absolute Gasteiger partial charge is 0.359 e. The first-order valence-corrected chi connectivity index (χ1v) is 5.35. The Morgan fingerprint density at radius 2 is 2.31 bits per heavy atom. The SMILES string of the molecule is CCc1nsc(NCC(N)CC)n1. The van der Waals surface area contributed by atoms with Crippen LogP contribution in [0.25, 0.3) is 0 Å². The first kappa shape index (κ1) is 10.4. The maximum atomic E-state index is 5.75. The number of hydrogen-bond donors (Lipinski definition) is 2. The second kappa shape index (κ2) is 5.14. The molecule has 0 radical (unpaired) electrons. The second-order valence-electron chi connectivity index (χ2n) is 2.92. The molecule has 74 valence electrons. The fourth-order valence-corrected chi connectivity index (χ4v) is 1.49. The lowest BCUT2D eigenvalue weighted by molar-refractivity contribution is 0.679. The lowest BCUT2D eigenvalue weighted by atomic mass is 10.2. The third-order valence-electron chi connectivity index (χ3n) is 1.82. The van der Waals surface area contributed by atoms with Crippen LogP contribution in [0.1, 0.15) is 26.1 Å². The van der Waals surface area contributed by atoms with Crippen LogP contribution in [0.4, 0.5) is 5.13 Å². The van der Waals surface area contributed by atoms with Crippen molar-refractivity contribution in [3.63, 3.8) is 0 Å². The Kier molecular flexibility index (Phi) is 4.11. The molecule has 0 bridgehead atoms. The summed E-state index contributed by atoms with van der Waals surface area (Å²) in [5, 5.41) is 4.05. The molecule has 0 fully saturated rings. The number of nitrogens with one attached hydrogen (secondary N) is 1. The van der Waals surface area contributed by atoms with Gasteiger partial charge in [-0.05, 0) is 6.42 Å². The highest BCUT2D eigenvalue weighted by Gasteiger charge is 2.03. The van der Waals surface area contributed by atoms with Gasteiger partial charge in [0.1, 0.15) is 5.82 Å². The van der Waals surface area contributed by atoms with Crippen LogP contribution >= 0.6 is 11.5 Å². The number of aromatic nitrogens is 2. The van der Waals surface area contributed by atoms with Crippen molar-refractivity contribution < 1.29 is 0 Å². The summed E-state index contributed by atoms with van der Waals surface area (Å²) in [5.74, 6) is 0.901. The van der Waals surface area contributed by atoms with Crippen molar-refractivity contribution in [2.75, 3.05) is 11.9 Å². The highest BCUT2D eigenvalue weighted by atomic mass is 32.1. The molecule has 4 nitrogen and oxygen atoms in total. The van der Waals surface area contributed by atoms with Crippen molar-refractivity contribution in [3.05, 3.63) is 5.82 Å². The van der Waals surface area contributed by atoms with Crippen LogP contribution in [0.2, 0.25) is 0 Å². The molecule has 0 aliphatic rings. The minimum atomic E-state index is 0.203. The Hall–Kier alpha value is -0.680. The molecular weight excluding hydrogens is 184 g/mol. The molecule has 13 heavy (non-hydrogen) atoms. The van der Waals surface area contributed by atoms with E-state index in [9.17, 15) is 0 Å². The van der Waals surface area contributed by atoms with Crippen LogP contribution in [0, 0.1) is 0 Å². The van der Waals surface area contributed by atoms with Gasteiger partial charge in [0.25, 0.3) is 0 Å². The molecule has 1 aromatic heterocycles. The fraction of sp³-hybridized carbons (Fsp3) is 0.750. The molecular formula is C8H16N4S. The molecule has 0 aromatic carbocycles. The molecule has 1 heterocycles. The zero-order valence-electron chi connectivity index (χ0n) is 8.08. The van der Waals surface area contributed by atoms with Crippen molar-refractivity contribution in [1.29, 1.82) is 0 Å². The van der Waals surface area contributed by atoms with E-state index in [2.05, 4.69) is 21.6 Å². The van der Waals surface area contributed by atoms with E-state index in [1.54, 1.807) is 0 Å². The van der Waals surface area contributed by atoms with Gasteiger partial charge in [-0.15, -0.1) is 0 Å². The summed E-state index contributed by atoms with van der Waals surface area (Å²) in [5.41, 5.74) is 5.75. The van der Waals surface area contributed by atoms with Gasteiger partial charge in [-0.25, -0.2) is 4.98 Å². The van der Waals surface area contributed by atoms with Crippen LogP contribution in [0.5, 0.6) is 0 Å². The van der Waals surface area contributed by atoms with Gasteiger partial charge >= 0.3 is 0 Å². The summed E-state index contributed by atoms with van der Waals surface area (Å²) < 4.78 is 4.17. The number of hydrogen-bond acceptors (Lipinski definition) is 5. The Bertz CT molecular complexity index is 248. The zero-order chi connectivity index (χ0) is 9.68. The maximum absolute atomic E-state index is 5.75. The minimum absolute atomic E-state index is 0.203. The summed E-state index contributed by atoms with van der Waals surface area (Å²) in [6.45, 7) is 4.89. The fourth-order valence-electron chi connectivity index (χ4n) is 0.832. The summed E-state index contributed by atoms with van der Waals surface area (Å²) in [4.78, 5) is 4.28. The third kappa shape index (κ3) is 3.28. The van der Waals surface area contributed by atoms with E-state index >= 15 is 0 Å². The van der Waals surface area contributed by atoms with E-state index in [-0.39, 0.29) is 6.04 Å². The number of aryl methyl sites for hydroxylation is 1. The van der Waals surface area contributed by atoms with E-state index in [0.717, 1.165) is 30.3 Å². The normalized spacial score (nSPS) is 12.8. The monoisotopic (exact) mass is 200 g/mol. The van der Waals surface area contributed by atoms with Crippen LogP contribution in [0.15, 0.2) is 0 Å². The summed E-state index contributed by atoms with van der Waals surface area (Å²) >= 11 is 1.40. The topological polar surface area (TPSA) is 63.8 Å². The van der Waals surface area contributed by atoms with E-state index in [0.29, 0.717) is 0 Å². The molecule has 1 rings (SSSR count). The lowest BCUT2D eigenvalue weighted by Crippen LogP contribution is -2.27. The number of nitrogens with two attached hydrogens (primary N) is 1. The van der Waals surface area contributed by atoms with Crippen molar-refractivity contribution in [1.82, 2.24) is 9.36 Å². The van der Waals surface area contributed by atoms with E-state index in [1.165, 1.54) is 11.5 Å². The quantitative estimate of drug-likeness (QED) is 0.751. The van der Waals surface area contributed by atoms with Crippen molar-refractivity contribution in [2.24, 2.45) is 5.73 Å². The van der Waals surface area contributed by atoms with Crippen LogP contribution in [0.3, 0.4) is 0 Å². The van der Waals surface area contributed by atoms with Gasteiger partial charge < -0.3 is 11.1 Å². The van der Waals surface area contributed by atoms with Crippen LogP contribution in [-0.2, 0) is 6.42 Å². The van der Waals surface area contributed by atoms with Gasteiger partial charge in [0, 0.05) is 30.5 Å². The smallest absolute Gasteiger partial charge is 0.202 e. The van der Waals surface area contributed by atoms with E-state index in [4.69, 9.17) is 5.73 Å². The average molecular weight is 200 g/mol. The number of anilines is 1. The first-order valence-electron chi connectivity index (χ1n) is 4.58. The third-order valence-corrected chi connectivity index (χ3v) is 2.53. The van der Waals surface area contributed by atoms with E-state index < -0.39 is 0 Å². The molecule has 0 spiro atoms. The highest BCUT2D eigenvalue weighted by Crippen LogP contribution is 2.10. The van der Waals surface area contributed by atoms with Gasteiger partial charge in [-0.3, -0.25) is 0 Å².